The molecule has 0 aromatic heterocycles. The number of allylic oxidation sites excluding steroid dienone is 2. The second-order valence-electron chi connectivity index (χ2n) is 7.14. The van der Waals surface area contributed by atoms with Gasteiger partial charge in [-0.15, -0.1) is 10.2 Å². The van der Waals surface area contributed by atoms with Crippen LogP contribution in [0.25, 0.3) is 0 Å². The van der Waals surface area contributed by atoms with Gasteiger partial charge in [0, 0.05) is 0 Å². The van der Waals surface area contributed by atoms with Gasteiger partial charge in [-0.25, -0.2) is 0 Å². The van der Waals surface area contributed by atoms with Crippen molar-refractivity contribution in [1.29, 1.82) is 0 Å². The molecule has 0 aromatic rings. The van der Waals surface area contributed by atoms with E-state index in [4.69, 9.17) is 0 Å². The zero-order valence-corrected chi connectivity index (χ0v) is 14.4. The van der Waals surface area contributed by atoms with E-state index in [-0.39, 0.29) is 0 Å². The SMILES string of the molecule is CN(C)S1(CCC(C)(C)O)C=CC(C2CCCCC2)=C1. The van der Waals surface area contributed by atoms with Crippen molar-refractivity contribution in [1.82, 2.24) is 4.31 Å². The quantitative estimate of drug-likeness (QED) is 0.812. The Labute approximate surface area is 126 Å². The van der Waals surface area contributed by atoms with Crippen LogP contribution in [0.15, 0.2) is 22.5 Å². The van der Waals surface area contributed by atoms with Crippen molar-refractivity contribution in [3.8, 4) is 0 Å². The minimum absolute atomic E-state index is 0.564. The summed E-state index contributed by atoms with van der Waals surface area (Å²) < 4.78 is 2.38. The number of rotatable bonds is 5. The normalized spacial score (nSPS) is 31.4. The molecule has 1 aliphatic carbocycles. The fourth-order valence-corrected chi connectivity index (χ4v) is 6.24. The third-order valence-electron chi connectivity index (χ3n) is 4.63. The van der Waals surface area contributed by atoms with Crippen molar-refractivity contribution in [3.05, 3.63) is 22.5 Å². The summed E-state index contributed by atoms with van der Waals surface area (Å²) in [7, 11) is 3.39. The molecule has 1 unspecified atom stereocenters. The molecule has 1 N–H and O–H groups in total. The van der Waals surface area contributed by atoms with Gasteiger partial charge in [0.25, 0.3) is 0 Å². The van der Waals surface area contributed by atoms with Gasteiger partial charge in [-0.2, -0.15) is 0 Å². The maximum atomic E-state index is 10.0. The van der Waals surface area contributed by atoms with E-state index in [1.807, 2.05) is 13.8 Å². The van der Waals surface area contributed by atoms with Gasteiger partial charge in [0.1, 0.15) is 0 Å². The van der Waals surface area contributed by atoms with Crippen LogP contribution >= 0.6 is 10.2 Å². The maximum Gasteiger partial charge on any atom is 0.0599 e. The van der Waals surface area contributed by atoms with Gasteiger partial charge in [-0.05, 0) is 75.3 Å². The number of hydrogen-bond acceptors (Lipinski definition) is 2. The van der Waals surface area contributed by atoms with Gasteiger partial charge in [0.15, 0.2) is 0 Å². The van der Waals surface area contributed by atoms with E-state index in [0.717, 1.165) is 18.1 Å². The van der Waals surface area contributed by atoms with E-state index in [2.05, 4.69) is 35.3 Å². The topological polar surface area (TPSA) is 23.5 Å². The Morgan fingerprint density at radius 2 is 1.90 bits per heavy atom. The lowest BCUT2D eigenvalue weighted by molar-refractivity contribution is 0.0774. The fourth-order valence-electron chi connectivity index (χ4n) is 3.13. The minimum atomic E-state index is -0.979. The number of nitrogens with zero attached hydrogens (tertiary/aromatic N) is 1. The molecule has 0 radical (unpaired) electrons. The third-order valence-corrected chi connectivity index (χ3v) is 8.14. The van der Waals surface area contributed by atoms with Gasteiger partial charge < -0.3 is 5.11 Å². The summed E-state index contributed by atoms with van der Waals surface area (Å²) in [6, 6.07) is 0. The molecular weight excluding hydrogens is 266 g/mol. The molecule has 1 fully saturated rings. The molecular formula is C17H31NOS. The van der Waals surface area contributed by atoms with E-state index < -0.39 is 15.8 Å². The summed E-state index contributed by atoms with van der Waals surface area (Å²) in [5, 5.41) is 15.0. The second-order valence-corrected chi connectivity index (χ2v) is 10.4. The summed E-state index contributed by atoms with van der Waals surface area (Å²) in [5.74, 6) is 1.85. The Bertz CT molecular complexity index is 388. The minimum Gasteiger partial charge on any atom is -0.390 e. The average Bonchev–Trinajstić information content (AvgIpc) is 2.82. The molecule has 20 heavy (non-hydrogen) atoms. The molecule has 0 amide bonds. The highest BCUT2D eigenvalue weighted by molar-refractivity contribution is 8.36. The van der Waals surface area contributed by atoms with E-state index in [9.17, 15) is 5.11 Å². The highest BCUT2D eigenvalue weighted by Gasteiger charge is 2.30. The Balaban J connectivity index is 2.10. The lowest BCUT2D eigenvalue weighted by Gasteiger charge is -2.40. The van der Waals surface area contributed by atoms with Crippen molar-refractivity contribution in [2.45, 2.75) is 58.0 Å². The second kappa shape index (κ2) is 6.25. The molecule has 116 valence electrons. The number of aliphatic hydroxyl groups is 1. The van der Waals surface area contributed by atoms with Crippen LogP contribution in [0, 0.1) is 5.92 Å². The van der Waals surface area contributed by atoms with Crippen molar-refractivity contribution >= 4 is 10.2 Å². The highest BCUT2D eigenvalue weighted by atomic mass is 32.3. The predicted molar refractivity (Wildman–Crippen MR) is 90.9 cm³/mol. The third kappa shape index (κ3) is 3.90. The average molecular weight is 298 g/mol. The van der Waals surface area contributed by atoms with Crippen molar-refractivity contribution in [3.63, 3.8) is 0 Å². The highest BCUT2D eigenvalue weighted by Crippen LogP contribution is 2.59. The van der Waals surface area contributed by atoms with Crippen LogP contribution in [0.5, 0.6) is 0 Å². The van der Waals surface area contributed by atoms with Crippen LogP contribution in [-0.4, -0.2) is 34.9 Å². The molecule has 2 nitrogen and oxygen atoms in total. The molecule has 1 saturated carbocycles. The van der Waals surface area contributed by atoms with Crippen LogP contribution in [0.1, 0.15) is 52.4 Å². The monoisotopic (exact) mass is 297 g/mol. The van der Waals surface area contributed by atoms with E-state index in [1.165, 1.54) is 32.1 Å². The van der Waals surface area contributed by atoms with Gasteiger partial charge in [0.05, 0.1) is 5.60 Å². The lowest BCUT2D eigenvalue weighted by atomic mass is 9.84. The molecule has 1 aliphatic heterocycles. The van der Waals surface area contributed by atoms with E-state index in [1.54, 1.807) is 5.57 Å². The first-order valence-electron chi connectivity index (χ1n) is 7.93. The molecule has 2 aliphatic rings. The van der Waals surface area contributed by atoms with Crippen molar-refractivity contribution < 1.29 is 5.11 Å². The Kier molecular flexibility index (Phi) is 5.04. The largest absolute Gasteiger partial charge is 0.390 e. The van der Waals surface area contributed by atoms with Crippen LogP contribution in [0.2, 0.25) is 0 Å². The Morgan fingerprint density at radius 3 is 2.45 bits per heavy atom. The zero-order chi connectivity index (χ0) is 14.8. The van der Waals surface area contributed by atoms with E-state index >= 15 is 0 Å². The maximum absolute atomic E-state index is 10.0. The van der Waals surface area contributed by atoms with Crippen molar-refractivity contribution in [2.24, 2.45) is 5.92 Å². The molecule has 1 atom stereocenters. The zero-order valence-electron chi connectivity index (χ0n) is 13.6. The van der Waals surface area contributed by atoms with Gasteiger partial charge in [0.2, 0.25) is 0 Å². The standard InChI is InChI=1S/C17H31NOS/c1-17(2,19)11-13-20(18(3)4)12-10-16(14-20)15-8-6-5-7-9-15/h10,12,14-15,19H,5-9,11,13H2,1-4H3. The summed E-state index contributed by atoms with van der Waals surface area (Å²) in [6.45, 7) is 3.83. The number of hydrogen-bond donors (Lipinski definition) is 1. The predicted octanol–water partition coefficient (Wildman–Crippen LogP) is 4.42. The fraction of sp³-hybridized carbons (Fsp3) is 0.765. The van der Waals surface area contributed by atoms with Gasteiger partial charge in [-0.3, -0.25) is 4.31 Å². The first kappa shape index (κ1) is 16.1. The molecule has 0 bridgehead atoms. The molecule has 2 rings (SSSR count). The molecule has 0 aromatic carbocycles. The Hall–Kier alpha value is -0.250. The molecule has 1 heterocycles. The lowest BCUT2D eigenvalue weighted by Crippen LogP contribution is -2.25. The summed E-state index contributed by atoms with van der Waals surface area (Å²) >= 11 is 0. The van der Waals surface area contributed by atoms with Crippen LogP contribution in [-0.2, 0) is 0 Å². The summed E-state index contributed by atoms with van der Waals surface area (Å²) in [5.41, 5.74) is 1.01. The van der Waals surface area contributed by atoms with Gasteiger partial charge in [-0.1, -0.05) is 25.3 Å². The first-order chi connectivity index (χ1) is 9.32. The smallest absolute Gasteiger partial charge is 0.0599 e. The summed E-state index contributed by atoms with van der Waals surface area (Å²) in [6.07, 6.45) is 10.2. The Morgan fingerprint density at radius 1 is 1.25 bits per heavy atom. The van der Waals surface area contributed by atoms with Crippen LogP contribution in [0.4, 0.5) is 0 Å². The molecule has 3 heteroatoms. The van der Waals surface area contributed by atoms with Crippen molar-refractivity contribution in [2.75, 3.05) is 19.8 Å². The first-order valence-corrected chi connectivity index (χ1v) is 9.82. The van der Waals surface area contributed by atoms with Crippen LogP contribution < -0.4 is 0 Å². The molecule has 0 saturated heterocycles. The van der Waals surface area contributed by atoms with E-state index in [0.29, 0.717) is 0 Å². The van der Waals surface area contributed by atoms with Gasteiger partial charge >= 0.3 is 0 Å². The van der Waals surface area contributed by atoms with Crippen LogP contribution in [0.3, 0.4) is 0 Å². The molecule has 0 spiro atoms. The summed E-state index contributed by atoms with van der Waals surface area (Å²) in [4.78, 5) is 0.